The molecule has 29 heteroatoms. The second kappa shape index (κ2) is 36.7. The van der Waals surface area contributed by atoms with Crippen molar-refractivity contribution in [3.63, 3.8) is 0 Å². The first kappa shape index (κ1) is 79.2. The highest BCUT2D eigenvalue weighted by molar-refractivity contribution is 6.14. The van der Waals surface area contributed by atoms with Crippen LogP contribution in [0.5, 0.6) is 0 Å². The van der Waals surface area contributed by atoms with E-state index in [2.05, 4.69) is 26.6 Å². The Bertz CT molecular complexity index is 2970. The number of rotatable bonds is 34. The number of likely N-dealkylation sites (tertiary alicyclic amines) is 1. The zero-order valence-corrected chi connectivity index (χ0v) is 57.4. The molecular formula is C67H101N9O20. The predicted octanol–water partition coefficient (Wildman–Crippen LogP) is 0.885. The van der Waals surface area contributed by atoms with E-state index in [1.807, 2.05) is 19.9 Å². The van der Waals surface area contributed by atoms with E-state index in [-0.39, 0.29) is 36.4 Å². The average Bonchev–Trinajstić information content (AvgIpc) is 1.40. The highest BCUT2D eigenvalue weighted by atomic mass is 16.7. The maximum Gasteiger partial charge on any atom is 0.410 e. The molecule has 0 saturated carbocycles. The lowest BCUT2D eigenvalue weighted by atomic mass is 9.89. The molecule has 0 bridgehead atoms. The zero-order chi connectivity index (χ0) is 71.6. The van der Waals surface area contributed by atoms with Crippen LogP contribution in [0, 0.1) is 29.6 Å². The average molecular weight is 1350 g/mol. The molecule has 2 aromatic carbocycles. The number of nitrogens with one attached hydrogen (secondary N) is 5. The second-order valence-corrected chi connectivity index (χ2v) is 26.0. The van der Waals surface area contributed by atoms with E-state index in [0.29, 0.717) is 41.8 Å². The Morgan fingerprint density at radius 2 is 1.34 bits per heavy atom. The first-order chi connectivity index (χ1) is 45.3. The molecule has 2 aromatic rings. The molecule has 0 aromatic heterocycles. The smallest absolute Gasteiger partial charge is 0.410 e. The molecule has 10 N–H and O–H groups in total. The van der Waals surface area contributed by atoms with Crippen molar-refractivity contribution in [2.24, 2.45) is 29.6 Å². The summed E-state index contributed by atoms with van der Waals surface area (Å²) in [5.74, 6) is -8.29. The largest absolute Gasteiger partial charge is 0.445 e. The van der Waals surface area contributed by atoms with Crippen LogP contribution in [0.1, 0.15) is 112 Å². The highest BCUT2D eigenvalue weighted by Gasteiger charge is 2.47. The van der Waals surface area contributed by atoms with Gasteiger partial charge in [-0.3, -0.25) is 53.0 Å². The normalized spacial score (nSPS) is 22.2. The van der Waals surface area contributed by atoms with Gasteiger partial charge in [0.25, 0.3) is 11.8 Å². The Balaban J connectivity index is 1.23. The number of nitrogens with zero attached hydrogens (tertiary/aromatic N) is 4. The minimum Gasteiger partial charge on any atom is -0.445 e. The fraction of sp³-hybridized carbons (Fsp3) is 0.642. The van der Waals surface area contributed by atoms with Crippen molar-refractivity contribution in [1.29, 1.82) is 0 Å². The molecule has 3 heterocycles. The third kappa shape index (κ3) is 20.5. The van der Waals surface area contributed by atoms with Crippen LogP contribution in [-0.2, 0) is 73.4 Å². The molecule has 10 amide bonds. The lowest BCUT2D eigenvalue weighted by Gasteiger charge is -2.41. The third-order valence-electron chi connectivity index (χ3n) is 18.0. The Morgan fingerprint density at radius 1 is 0.719 bits per heavy atom. The number of likely N-dealkylation sites (N-methyl/N-ethyl adjacent to an activating group) is 2. The van der Waals surface area contributed by atoms with Crippen molar-refractivity contribution >= 4 is 64.9 Å². The highest BCUT2D eigenvalue weighted by Crippen LogP contribution is 2.31. The van der Waals surface area contributed by atoms with Gasteiger partial charge in [0.1, 0.15) is 61.7 Å². The molecule has 0 aliphatic carbocycles. The molecule has 2 fully saturated rings. The number of benzene rings is 2. The fourth-order valence-electron chi connectivity index (χ4n) is 12.2. The van der Waals surface area contributed by atoms with E-state index in [4.69, 9.17) is 23.7 Å². The molecule has 29 nitrogen and oxygen atoms in total. The monoisotopic (exact) mass is 1350 g/mol. The predicted molar refractivity (Wildman–Crippen MR) is 348 cm³/mol. The van der Waals surface area contributed by atoms with Crippen LogP contribution in [0.15, 0.2) is 66.7 Å². The maximum atomic E-state index is 14.8. The number of carbonyl (C=O) groups is 10. The molecule has 17 atom stereocenters. The van der Waals surface area contributed by atoms with Crippen molar-refractivity contribution in [2.45, 2.75) is 193 Å². The maximum absolute atomic E-state index is 14.8. The van der Waals surface area contributed by atoms with Gasteiger partial charge in [0, 0.05) is 52.7 Å². The lowest BCUT2D eigenvalue weighted by Crippen LogP contribution is -2.60. The Kier molecular flexibility index (Phi) is 30.3. The number of anilines is 1. The first-order valence-corrected chi connectivity index (χ1v) is 32.6. The Labute approximate surface area is 561 Å². The molecule has 0 spiro atoms. The summed E-state index contributed by atoms with van der Waals surface area (Å²) in [4.78, 5) is 141. The topological polar surface area (TPSA) is 391 Å². The Morgan fingerprint density at radius 3 is 1.91 bits per heavy atom. The number of methoxy groups -OCH3 is 2. The van der Waals surface area contributed by atoms with E-state index < -0.39 is 182 Å². The van der Waals surface area contributed by atoms with Crippen molar-refractivity contribution in [2.75, 3.05) is 59.9 Å². The summed E-state index contributed by atoms with van der Waals surface area (Å²) in [6, 6.07) is 8.02. The van der Waals surface area contributed by atoms with Crippen molar-refractivity contribution in [3.05, 3.63) is 77.9 Å². The van der Waals surface area contributed by atoms with Crippen molar-refractivity contribution in [1.82, 2.24) is 40.9 Å². The molecule has 0 radical (unpaired) electrons. The summed E-state index contributed by atoms with van der Waals surface area (Å²) < 4.78 is 28.8. The Hall–Kier alpha value is -7.48. The SMILES string of the molecule is CC[C@H](C)[C@@H]([C@@H](CC(=O)N1CCC[C@H]1[C@H](OC)[C@@H](C)C(=O)N[C@H](C)[C@@H](O)c1ccccc1)OC)N(C)C(=O)[C@@H](NC(=O)[C@H](C(C)C)N(C)C(=O)OCc1ccc(NC(=O)[C@H](CO[C@@H]2O[C@H](CO)[C@@H](O)[C@H](O)[C@H]2O)NC(=O)[C@@H](NC(=O)CN2C(=O)C=CC2=O)C(C)C)cc1)C(C)C. The molecule has 534 valence electrons. The molecule has 0 unspecified atom stereocenters. The van der Waals surface area contributed by atoms with E-state index in [9.17, 15) is 73.5 Å². The molecule has 3 aliphatic rings. The van der Waals surface area contributed by atoms with E-state index in [1.54, 1.807) is 91.6 Å². The van der Waals surface area contributed by atoms with E-state index in [1.165, 1.54) is 50.4 Å². The molecule has 5 rings (SSSR count). The standard InChI is InChI=1S/C67H101N9O20/c1-15-38(8)55(46(92-13)30-51(81)75-29-19-22-45(75)60(93-14)39(9)61(86)68-40(10)56(82)42-20-17-16-18-21-42)73(11)65(90)53(36(4)5)72-64(89)54(37(6)7)74(12)67(91)95-33-41-23-25-43(26-24-41)69-62(87)44(34-94-66-59(85)58(84)57(83)47(32-77)96-66)70-63(88)52(35(2)3)71-48(78)31-76-49(79)27-28-50(76)80/h16-18,20-21,23-28,35-40,44-47,52-60,66,77,82-85H,15,19,22,29-34H2,1-14H3,(H,68,86)(H,69,87)(H,70,88)(H,71,78)(H,72,89)/t38-,39+,40+,44-,45-,46+,47+,52-,53-,54-,55-,56+,57+,58-,59+,60+,66+/m0/s1. The number of ether oxygens (including phenoxy) is 5. The van der Waals surface area contributed by atoms with Gasteiger partial charge in [0.05, 0.1) is 62.0 Å². The molecule has 2 saturated heterocycles. The van der Waals surface area contributed by atoms with Gasteiger partial charge in [-0.15, -0.1) is 0 Å². The third-order valence-corrected chi connectivity index (χ3v) is 18.0. The summed E-state index contributed by atoms with van der Waals surface area (Å²) >= 11 is 0. The van der Waals surface area contributed by atoms with Crippen molar-refractivity contribution < 1.29 is 97.2 Å². The number of amides is 10. The van der Waals surface area contributed by atoms with Gasteiger partial charge in [-0.05, 0) is 66.7 Å². The quantitative estimate of drug-likeness (QED) is 0.0435. The van der Waals surface area contributed by atoms with Gasteiger partial charge in [-0.2, -0.15) is 0 Å². The number of aliphatic hydroxyl groups excluding tert-OH is 5. The van der Waals surface area contributed by atoms with Crippen LogP contribution in [0.25, 0.3) is 0 Å². The van der Waals surface area contributed by atoms with Gasteiger partial charge >= 0.3 is 6.09 Å². The van der Waals surface area contributed by atoms with Crippen LogP contribution >= 0.6 is 0 Å². The minimum atomic E-state index is -1.87. The zero-order valence-electron chi connectivity index (χ0n) is 57.4. The number of carbonyl (C=O) groups excluding carboxylic acids is 10. The number of hydrogen-bond donors (Lipinski definition) is 10. The van der Waals surface area contributed by atoms with Gasteiger partial charge in [0.2, 0.25) is 41.4 Å². The summed E-state index contributed by atoms with van der Waals surface area (Å²) in [6.45, 7) is 15.4. The van der Waals surface area contributed by atoms with Gasteiger partial charge in [-0.1, -0.05) is 111 Å². The molecule has 96 heavy (non-hydrogen) atoms. The van der Waals surface area contributed by atoms with Crippen LogP contribution < -0.4 is 26.6 Å². The summed E-state index contributed by atoms with van der Waals surface area (Å²) in [5, 5.41) is 65.4. The fourth-order valence-corrected chi connectivity index (χ4v) is 12.2. The number of imide groups is 1. The van der Waals surface area contributed by atoms with E-state index >= 15 is 0 Å². The second-order valence-electron chi connectivity index (χ2n) is 26.0. The summed E-state index contributed by atoms with van der Waals surface area (Å²) in [7, 11) is 5.98. The summed E-state index contributed by atoms with van der Waals surface area (Å²) in [6.07, 6.45) is -8.13. The van der Waals surface area contributed by atoms with Gasteiger partial charge < -0.3 is 85.6 Å². The number of hydrogen-bond acceptors (Lipinski definition) is 20. The van der Waals surface area contributed by atoms with E-state index in [0.717, 1.165) is 17.1 Å². The van der Waals surface area contributed by atoms with Gasteiger partial charge in [-0.25, -0.2) is 4.79 Å². The van der Waals surface area contributed by atoms with Crippen LogP contribution in [0.3, 0.4) is 0 Å². The minimum absolute atomic E-state index is 0.115. The summed E-state index contributed by atoms with van der Waals surface area (Å²) in [5.41, 5.74) is 1.25. The van der Waals surface area contributed by atoms with Crippen LogP contribution in [0.2, 0.25) is 0 Å². The molecule has 3 aliphatic heterocycles. The van der Waals surface area contributed by atoms with Crippen molar-refractivity contribution in [3.8, 4) is 0 Å². The lowest BCUT2D eigenvalue weighted by molar-refractivity contribution is -0.301. The van der Waals surface area contributed by atoms with Crippen LogP contribution in [0.4, 0.5) is 10.5 Å². The van der Waals surface area contributed by atoms with Gasteiger partial charge in [0.15, 0.2) is 6.29 Å². The van der Waals surface area contributed by atoms with Crippen LogP contribution in [-0.4, -0.2) is 244 Å². The molecular weight excluding hydrogens is 1250 g/mol. The first-order valence-electron chi connectivity index (χ1n) is 32.6. The number of aliphatic hydroxyl groups is 5.